The van der Waals surface area contributed by atoms with Gasteiger partial charge in [-0.15, -0.1) is 0 Å². The highest BCUT2D eigenvalue weighted by molar-refractivity contribution is 4.84. The van der Waals surface area contributed by atoms with E-state index in [4.69, 9.17) is 4.74 Å². The van der Waals surface area contributed by atoms with E-state index in [9.17, 15) is 5.11 Å². The summed E-state index contributed by atoms with van der Waals surface area (Å²) in [6.45, 7) is 9.66. The Labute approximate surface area is 117 Å². The first-order valence-electron chi connectivity index (χ1n) is 7.94. The van der Waals surface area contributed by atoms with Gasteiger partial charge in [0.1, 0.15) is 6.23 Å². The normalized spacial score (nSPS) is 27.5. The minimum atomic E-state index is -0.170. The first-order chi connectivity index (χ1) is 9.16. The summed E-state index contributed by atoms with van der Waals surface area (Å²) in [7, 11) is 0. The zero-order valence-corrected chi connectivity index (χ0v) is 12.6. The highest BCUT2D eigenvalue weighted by Gasteiger charge is 2.31. The first-order valence-corrected chi connectivity index (χ1v) is 7.94. The van der Waals surface area contributed by atoms with E-state index in [0.717, 1.165) is 39.0 Å². The van der Waals surface area contributed by atoms with Crippen LogP contribution in [0.5, 0.6) is 0 Å². The SMILES string of the molecule is CC(C)OCCCN1CCC(N2CCC[C@H]2O)CC1. The molecule has 19 heavy (non-hydrogen) atoms. The van der Waals surface area contributed by atoms with Crippen molar-refractivity contribution in [3.8, 4) is 0 Å². The number of aliphatic hydroxyl groups excluding tert-OH is 1. The molecular weight excluding hydrogens is 240 g/mol. The lowest BCUT2D eigenvalue weighted by atomic mass is 10.0. The second kappa shape index (κ2) is 7.58. The highest BCUT2D eigenvalue weighted by atomic mass is 16.5. The lowest BCUT2D eigenvalue weighted by molar-refractivity contribution is -0.0119. The summed E-state index contributed by atoms with van der Waals surface area (Å²) >= 11 is 0. The van der Waals surface area contributed by atoms with Crippen molar-refractivity contribution in [1.82, 2.24) is 9.80 Å². The molecule has 0 unspecified atom stereocenters. The van der Waals surface area contributed by atoms with E-state index in [1.807, 2.05) is 0 Å². The van der Waals surface area contributed by atoms with E-state index in [1.165, 1.54) is 25.9 Å². The molecular formula is C15H30N2O2. The maximum absolute atomic E-state index is 9.93. The molecule has 0 aromatic heterocycles. The van der Waals surface area contributed by atoms with E-state index in [-0.39, 0.29) is 6.23 Å². The summed E-state index contributed by atoms with van der Waals surface area (Å²) in [5.41, 5.74) is 0. The Bertz CT molecular complexity index is 253. The summed E-state index contributed by atoms with van der Waals surface area (Å²) in [5, 5.41) is 9.93. The van der Waals surface area contributed by atoms with Crippen LogP contribution >= 0.6 is 0 Å². The van der Waals surface area contributed by atoms with E-state index in [1.54, 1.807) is 0 Å². The zero-order chi connectivity index (χ0) is 13.7. The van der Waals surface area contributed by atoms with Crippen LogP contribution in [-0.2, 0) is 4.74 Å². The predicted molar refractivity (Wildman–Crippen MR) is 77.1 cm³/mol. The van der Waals surface area contributed by atoms with Crippen molar-refractivity contribution in [2.45, 2.75) is 64.3 Å². The average Bonchev–Trinajstić information content (AvgIpc) is 2.81. The highest BCUT2D eigenvalue weighted by Crippen LogP contribution is 2.24. The van der Waals surface area contributed by atoms with Gasteiger partial charge in [0.05, 0.1) is 6.10 Å². The van der Waals surface area contributed by atoms with Crippen LogP contribution in [0.4, 0.5) is 0 Å². The summed E-state index contributed by atoms with van der Waals surface area (Å²) < 4.78 is 5.58. The van der Waals surface area contributed by atoms with Crippen LogP contribution < -0.4 is 0 Å². The van der Waals surface area contributed by atoms with Crippen molar-refractivity contribution < 1.29 is 9.84 Å². The molecule has 0 amide bonds. The molecule has 2 aliphatic rings. The Morgan fingerprint density at radius 3 is 2.47 bits per heavy atom. The van der Waals surface area contributed by atoms with Crippen molar-refractivity contribution in [3.05, 3.63) is 0 Å². The maximum atomic E-state index is 9.93. The number of piperidine rings is 1. The number of likely N-dealkylation sites (tertiary alicyclic amines) is 2. The van der Waals surface area contributed by atoms with Crippen LogP contribution in [0.15, 0.2) is 0 Å². The van der Waals surface area contributed by atoms with Crippen LogP contribution in [0.3, 0.4) is 0 Å². The largest absolute Gasteiger partial charge is 0.379 e. The molecule has 0 radical (unpaired) electrons. The number of aliphatic hydroxyl groups is 1. The third-order valence-corrected chi connectivity index (χ3v) is 4.36. The molecule has 0 aromatic rings. The molecule has 1 N–H and O–H groups in total. The van der Waals surface area contributed by atoms with Crippen molar-refractivity contribution >= 4 is 0 Å². The van der Waals surface area contributed by atoms with Crippen molar-refractivity contribution in [2.24, 2.45) is 0 Å². The molecule has 2 fully saturated rings. The number of nitrogens with zero attached hydrogens (tertiary/aromatic N) is 2. The standard InChI is InChI=1S/C15H30N2O2/c1-13(2)19-12-4-8-16-10-6-14(7-11-16)17-9-3-5-15(17)18/h13-15,18H,3-12H2,1-2H3/t15-/m1/s1. The average molecular weight is 270 g/mol. The minimum absolute atomic E-state index is 0.170. The fourth-order valence-electron chi connectivity index (χ4n) is 3.28. The van der Waals surface area contributed by atoms with Gasteiger partial charge in [-0.2, -0.15) is 0 Å². The quantitative estimate of drug-likeness (QED) is 0.745. The van der Waals surface area contributed by atoms with Gasteiger partial charge in [0.15, 0.2) is 0 Å². The number of ether oxygens (including phenoxy) is 1. The van der Waals surface area contributed by atoms with Crippen LogP contribution in [-0.4, -0.2) is 66.1 Å². The summed E-state index contributed by atoms with van der Waals surface area (Å²) in [6.07, 6.45) is 5.86. The fourth-order valence-corrected chi connectivity index (χ4v) is 3.28. The molecule has 2 aliphatic heterocycles. The summed E-state index contributed by atoms with van der Waals surface area (Å²) in [4.78, 5) is 4.86. The van der Waals surface area contributed by atoms with Gasteiger partial charge in [0.2, 0.25) is 0 Å². The molecule has 2 rings (SSSR count). The van der Waals surface area contributed by atoms with Gasteiger partial charge in [-0.3, -0.25) is 4.90 Å². The van der Waals surface area contributed by atoms with Crippen molar-refractivity contribution in [3.63, 3.8) is 0 Å². The maximum Gasteiger partial charge on any atom is 0.107 e. The summed E-state index contributed by atoms with van der Waals surface area (Å²) in [5.74, 6) is 0. The van der Waals surface area contributed by atoms with Crippen molar-refractivity contribution in [2.75, 3.05) is 32.8 Å². The zero-order valence-electron chi connectivity index (χ0n) is 12.6. The van der Waals surface area contributed by atoms with E-state index in [2.05, 4.69) is 23.6 Å². The monoisotopic (exact) mass is 270 g/mol. The number of hydrogen-bond acceptors (Lipinski definition) is 4. The molecule has 2 heterocycles. The molecule has 1 atom stereocenters. The number of hydrogen-bond donors (Lipinski definition) is 1. The smallest absolute Gasteiger partial charge is 0.107 e. The Kier molecular flexibility index (Phi) is 6.07. The van der Waals surface area contributed by atoms with Gasteiger partial charge in [-0.1, -0.05) is 0 Å². The number of rotatable bonds is 6. The van der Waals surface area contributed by atoms with Gasteiger partial charge >= 0.3 is 0 Å². The third kappa shape index (κ3) is 4.71. The first kappa shape index (κ1) is 15.2. The second-order valence-electron chi connectivity index (χ2n) is 6.21. The van der Waals surface area contributed by atoms with Crippen LogP contribution in [0.25, 0.3) is 0 Å². The van der Waals surface area contributed by atoms with Gasteiger partial charge in [-0.25, -0.2) is 0 Å². The molecule has 4 heteroatoms. The van der Waals surface area contributed by atoms with Crippen LogP contribution in [0, 0.1) is 0 Å². The Balaban J connectivity index is 1.60. The Hall–Kier alpha value is -0.160. The lowest BCUT2D eigenvalue weighted by Gasteiger charge is -2.38. The molecule has 0 aromatic carbocycles. The van der Waals surface area contributed by atoms with E-state index in [0.29, 0.717) is 12.1 Å². The van der Waals surface area contributed by atoms with Crippen LogP contribution in [0.1, 0.15) is 46.0 Å². The minimum Gasteiger partial charge on any atom is -0.379 e. The molecule has 0 saturated carbocycles. The van der Waals surface area contributed by atoms with Gasteiger partial charge in [0.25, 0.3) is 0 Å². The molecule has 0 aliphatic carbocycles. The molecule has 0 bridgehead atoms. The van der Waals surface area contributed by atoms with E-state index >= 15 is 0 Å². The van der Waals surface area contributed by atoms with Gasteiger partial charge < -0.3 is 14.7 Å². The topological polar surface area (TPSA) is 35.9 Å². The second-order valence-corrected chi connectivity index (χ2v) is 6.21. The molecule has 0 spiro atoms. The van der Waals surface area contributed by atoms with E-state index < -0.39 is 0 Å². The lowest BCUT2D eigenvalue weighted by Crippen LogP contribution is -2.46. The van der Waals surface area contributed by atoms with Crippen LogP contribution in [0.2, 0.25) is 0 Å². The Morgan fingerprint density at radius 2 is 1.89 bits per heavy atom. The fraction of sp³-hybridized carbons (Fsp3) is 1.00. The summed E-state index contributed by atoms with van der Waals surface area (Å²) in [6, 6.07) is 0.612. The molecule has 112 valence electrons. The van der Waals surface area contributed by atoms with Gasteiger partial charge in [-0.05, 0) is 59.0 Å². The third-order valence-electron chi connectivity index (χ3n) is 4.36. The van der Waals surface area contributed by atoms with Crippen molar-refractivity contribution in [1.29, 1.82) is 0 Å². The van der Waals surface area contributed by atoms with Gasteiger partial charge in [0, 0.05) is 25.7 Å². The Morgan fingerprint density at radius 1 is 1.16 bits per heavy atom. The molecule has 4 nitrogen and oxygen atoms in total. The molecule has 2 saturated heterocycles. The predicted octanol–water partition coefficient (Wildman–Crippen LogP) is 1.68.